The van der Waals surface area contributed by atoms with E-state index >= 15 is 0 Å². The number of ether oxygens (including phenoxy) is 2. The zero-order valence-corrected chi connectivity index (χ0v) is 17.1. The molecule has 0 amide bonds. The smallest absolute Gasteiger partial charge is 0.191 e. The first-order chi connectivity index (χ1) is 11.8. The number of halogens is 1. The molecule has 2 aromatic rings. The van der Waals surface area contributed by atoms with Crippen molar-refractivity contribution < 1.29 is 9.47 Å². The van der Waals surface area contributed by atoms with Crippen molar-refractivity contribution >= 4 is 29.9 Å². The van der Waals surface area contributed by atoms with Gasteiger partial charge in [-0.3, -0.25) is 9.98 Å². The topological polar surface area (TPSA) is 67.8 Å². The van der Waals surface area contributed by atoms with E-state index in [2.05, 4.69) is 26.7 Å². The van der Waals surface area contributed by atoms with Crippen molar-refractivity contribution in [2.24, 2.45) is 4.99 Å². The number of nitrogens with one attached hydrogen (secondary N) is 2. The lowest BCUT2D eigenvalue weighted by Gasteiger charge is -2.13. The summed E-state index contributed by atoms with van der Waals surface area (Å²) in [6, 6.07) is 9.86. The van der Waals surface area contributed by atoms with Crippen LogP contribution in [0.1, 0.15) is 11.1 Å². The number of aliphatic imine (C=N–C) groups is 1. The Morgan fingerprint density at radius 3 is 2.52 bits per heavy atom. The summed E-state index contributed by atoms with van der Waals surface area (Å²) in [6.07, 6.45) is 4.55. The first kappa shape index (κ1) is 21.0. The van der Waals surface area contributed by atoms with E-state index in [4.69, 9.17) is 9.47 Å². The quantitative estimate of drug-likeness (QED) is 0.381. The highest BCUT2D eigenvalue weighted by Gasteiger charge is 2.05. The first-order valence-electron chi connectivity index (χ1n) is 7.81. The van der Waals surface area contributed by atoms with Crippen molar-refractivity contribution in [3.63, 3.8) is 0 Å². The maximum absolute atomic E-state index is 5.32. The van der Waals surface area contributed by atoms with E-state index in [-0.39, 0.29) is 24.0 Å². The summed E-state index contributed by atoms with van der Waals surface area (Å²) in [5.41, 5.74) is 2.28. The van der Waals surface area contributed by atoms with E-state index in [1.165, 1.54) is 5.56 Å². The maximum Gasteiger partial charge on any atom is 0.191 e. The Labute approximate surface area is 166 Å². The van der Waals surface area contributed by atoms with Crippen molar-refractivity contribution in [1.29, 1.82) is 0 Å². The van der Waals surface area contributed by atoms with Gasteiger partial charge in [-0.2, -0.15) is 0 Å². The molecule has 2 rings (SSSR count). The largest absolute Gasteiger partial charge is 0.493 e. The fraction of sp³-hybridized carbons (Fsp3) is 0.333. The molecule has 0 saturated heterocycles. The molecule has 25 heavy (non-hydrogen) atoms. The number of nitrogens with zero attached hydrogens (tertiary/aromatic N) is 2. The molecule has 1 heterocycles. The molecule has 6 nitrogen and oxygen atoms in total. The summed E-state index contributed by atoms with van der Waals surface area (Å²) in [6.45, 7) is 1.43. The second-order valence-electron chi connectivity index (χ2n) is 5.15. The van der Waals surface area contributed by atoms with E-state index in [1.807, 2.05) is 30.5 Å². The lowest BCUT2D eigenvalue weighted by atomic mass is 10.2. The van der Waals surface area contributed by atoms with Crippen molar-refractivity contribution in [2.45, 2.75) is 13.0 Å². The number of hydrogen-bond acceptors (Lipinski definition) is 4. The Hall–Kier alpha value is -2.03. The van der Waals surface area contributed by atoms with Crippen LogP contribution >= 0.6 is 24.0 Å². The summed E-state index contributed by atoms with van der Waals surface area (Å²) in [4.78, 5) is 8.35. The predicted octanol–water partition coefficient (Wildman–Crippen LogP) is 2.62. The second kappa shape index (κ2) is 11.5. The summed E-state index contributed by atoms with van der Waals surface area (Å²) in [7, 11) is 5.02. The molecular formula is C18H25IN4O2. The molecule has 0 aliphatic carbocycles. The fourth-order valence-corrected chi connectivity index (χ4v) is 2.27. The molecular weight excluding hydrogens is 431 g/mol. The lowest BCUT2D eigenvalue weighted by Crippen LogP contribution is -2.37. The van der Waals surface area contributed by atoms with Crippen LogP contribution in [0.4, 0.5) is 0 Å². The molecule has 7 heteroatoms. The molecule has 0 radical (unpaired) electrons. The normalized spacial score (nSPS) is 10.6. The summed E-state index contributed by atoms with van der Waals surface area (Å²) < 4.78 is 10.6. The van der Waals surface area contributed by atoms with E-state index < -0.39 is 0 Å². The molecule has 136 valence electrons. The van der Waals surface area contributed by atoms with E-state index in [9.17, 15) is 0 Å². The number of benzene rings is 1. The van der Waals surface area contributed by atoms with E-state index in [1.54, 1.807) is 27.5 Å². The van der Waals surface area contributed by atoms with Crippen LogP contribution in [-0.2, 0) is 13.0 Å². The van der Waals surface area contributed by atoms with Gasteiger partial charge < -0.3 is 20.1 Å². The summed E-state index contributed by atoms with van der Waals surface area (Å²) >= 11 is 0. The molecule has 0 atom stereocenters. The van der Waals surface area contributed by atoms with Crippen LogP contribution in [0, 0.1) is 0 Å². The van der Waals surface area contributed by atoms with Gasteiger partial charge in [-0.05, 0) is 35.7 Å². The Bertz CT molecular complexity index is 665. The fourth-order valence-electron chi connectivity index (χ4n) is 2.27. The molecule has 1 aromatic heterocycles. The highest BCUT2D eigenvalue weighted by Crippen LogP contribution is 2.27. The Kier molecular flexibility index (Phi) is 9.68. The van der Waals surface area contributed by atoms with Crippen LogP contribution in [0.2, 0.25) is 0 Å². The van der Waals surface area contributed by atoms with Crippen LogP contribution in [-0.4, -0.2) is 38.8 Å². The van der Waals surface area contributed by atoms with E-state index in [0.29, 0.717) is 6.54 Å². The van der Waals surface area contributed by atoms with Crippen LogP contribution in [0.15, 0.2) is 47.7 Å². The summed E-state index contributed by atoms with van der Waals surface area (Å²) in [5, 5.41) is 6.58. The zero-order chi connectivity index (χ0) is 17.2. The SMILES string of the molecule is CN=C(NCCc1cccnc1)NCc1ccc(OC)c(OC)c1.I. The van der Waals surface area contributed by atoms with E-state index in [0.717, 1.165) is 36.0 Å². The second-order valence-corrected chi connectivity index (χ2v) is 5.15. The van der Waals surface area contributed by atoms with Crippen LogP contribution < -0.4 is 20.1 Å². The average molecular weight is 456 g/mol. The monoisotopic (exact) mass is 456 g/mol. The van der Waals surface area contributed by atoms with Crippen LogP contribution in [0.5, 0.6) is 11.5 Å². The van der Waals surface area contributed by atoms with Crippen LogP contribution in [0.25, 0.3) is 0 Å². The zero-order valence-electron chi connectivity index (χ0n) is 14.8. The molecule has 0 unspecified atom stereocenters. The number of aromatic nitrogens is 1. The number of guanidine groups is 1. The van der Waals surface area contributed by atoms with Gasteiger partial charge in [0.15, 0.2) is 17.5 Å². The molecule has 0 fully saturated rings. The third-order valence-electron chi connectivity index (χ3n) is 3.56. The van der Waals surface area contributed by atoms with Crippen LogP contribution in [0.3, 0.4) is 0 Å². The molecule has 0 aliphatic rings. The van der Waals surface area contributed by atoms with Gasteiger partial charge in [-0.15, -0.1) is 24.0 Å². The average Bonchev–Trinajstić information content (AvgIpc) is 2.65. The molecule has 0 spiro atoms. The van der Waals surface area contributed by atoms with Gasteiger partial charge in [0.25, 0.3) is 0 Å². The third-order valence-corrected chi connectivity index (χ3v) is 3.56. The van der Waals surface area contributed by atoms with Crippen molar-refractivity contribution in [1.82, 2.24) is 15.6 Å². The number of hydrogen-bond donors (Lipinski definition) is 2. The Balaban J connectivity index is 0.00000312. The molecule has 0 aliphatic heterocycles. The highest BCUT2D eigenvalue weighted by atomic mass is 127. The standard InChI is InChI=1S/C18H24N4O2.HI/c1-19-18(21-10-8-14-5-4-9-20-12-14)22-13-15-6-7-16(23-2)17(11-15)24-3;/h4-7,9,11-12H,8,10,13H2,1-3H3,(H2,19,21,22);1H. The van der Waals surface area contributed by atoms with Gasteiger partial charge in [0.1, 0.15) is 0 Å². The van der Waals surface area contributed by atoms with Crippen molar-refractivity contribution in [2.75, 3.05) is 27.8 Å². The van der Waals surface area contributed by atoms with Gasteiger partial charge in [0, 0.05) is 32.5 Å². The van der Waals surface area contributed by atoms with Gasteiger partial charge in [0.2, 0.25) is 0 Å². The van der Waals surface area contributed by atoms with Crippen molar-refractivity contribution in [3.05, 3.63) is 53.9 Å². The first-order valence-corrected chi connectivity index (χ1v) is 7.81. The lowest BCUT2D eigenvalue weighted by molar-refractivity contribution is 0.354. The third kappa shape index (κ3) is 6.77. The number of pyridine rings is 1. The summed E-state index contributed by atoms with van der Waals surface area (Å²) in [5.74, 6) is 2.20. The minimum atomic E-state index is 0. The number of methoxy groups -OCH3 is 2. The highest BCUT2D eigenvalue weighted by molar-refractivity contribution is 14.0. The maximum atomic E-state index is 5.32. The Morgan fingerprint density at radius 1 is 1.08 bits per heavy atom. The van der Waals surface area contributed by atoms with Gasteiger partial charge in [0.05, 0.1) is 14.2 Å². The number of rotatable bonds is 7. The van der Waals surface area contributed by atoms with Gasteiger partial charge in [-0.25, -0.2) is 0 Å². The van der Waals surface area contributed by atoms with Gasteiger partial charge in [-0.1, -0.05) is 12.1 Å². The molecule has 0 bridgehead atoms. The molecule has 0 saturated carbocycles. The minimum Gasteiger partial charge on any atom is -0.493 e. The minimum absolute atomic E-state index is 0. The molecule has 2 N–H and O–H groups in total. The molecule has 1 aromatic carbocycles. The predicted molar refractivity (Wildman–Crippen MR) is 111 cm³/mol. The van der Waals surface area contributed by atoms with Crippen molar-refractivity contribution in [3.8, 4) is 11.5 Å². The Morgan fingerprint density at radius 2 is 1.88 bits per heavy atom. The van der Waals surface area contributed by atoms with Gasteiger partial charge >= 0.3 is 0 Å².